The van der Waals surface area contributed by atoms with E-state index >= 15 is 0 Å². The van der Waals surface area contributed by atoms with Crippen LogP contribution in [0.5, 0.6) is 0 Å². The van der Waals surface area contributed by atoms with Crippen molar-refractivity contribution in [1.82, 2.24) is 9.78 Å². The topological polar surface area (TPSA) is 73.2 Å². The van der Waals surface area contributed by atoms with Crippen LogP contribution in [0.1, 0.15) is 16.3 Å². The third-order valence-electron chi connectivity index (χ3n) is 3.18. The molecule has 0 atom stereocenters. The Morgan fingerprint density at radius 3 is 2.83 bits per heavy atom. The highest BCUT2D eigenvalue weighted by Gasteiger charge is 2.14. The summed E-state index contributed by atoms with van der Waals surface area (Å²) in [6, 6.07) is 4.00. The molecule has 0 aliphatic heterocycles. The lowest BCUT2D eigenvalue weighted by Crippen LogP contribution is -2.22. The lowest BCUT2D eigenvalue weighted by atomic mass is 10.3. The molecule has 124 valence electrons. The highest BCUT2D eigenvalue weighted by molar-refractivity contribution is 7.99. The van der Waals surface area contributed by atoms with Crippen molar-refractivity contribution < 1.29 is 14.3 Å². The summed E-state index contributed by atoms with van der Waals surface area (Å²) in [5, 5.41) is 8.95. The molecule has 6 nitrogen and oxygen atoms in total. The van der Waals surface area contributed by atoms with E-state index in [4.69, 9.17) is 4.74 Å². The van der Waals surface area contributed by atoms with E-state index in [1.54, 1.807) is 16.0 Å². The average Bonchev–Trinajstić information content (AvgIpc) is 3.10. The quantitative estimate of drug-likeness (QED) is 0.774. The maximum atomic E-state index is 11.9. The number of rotatable bonds is 7. The summed E-state index contributed by atoms with van der Waals surface area (Å²) in [7, 11) is 1.81. The molecule has 0 aliphatic rings. The summed E-state index contributed by atoms with van der Waals surface area (Å²) in [5.41, 5.74) is 2.26. The Morgan fingerprint density at radius 1 is 1.43 bits per heavy atom. The van der Waals surface area contributed by atoms with Crippen LogP contribution in [-0.4, -0.2) is 34.0 Å². The van der Waals surface area contributed by atoms with Gasteiger partial charge in [0.15, 0.2) is 6.61 Å². The standard InChI is InChI=1S/C15H19N3O3S2/c1-10-15(11(2)18(3)17-10)16-13(19)7-21-14(20)9-22-8-12-5-4-6-23-12/h4-6H,7-9H2,1-3H3,(H,16,19). The number of carbonyl (C=O) groups is 2. The van der Waals surface area contributed by atoms with Crippen LogP contribution in [0.15, 0.2) is 17.5 Å². The molecular weight excluding hydrogens is 334 g/mol. The van der Waals surface area contributed by atoms with E-state index in [9.17, 15) is 9.59 Å². The van der Waals surface area contributed by atoms with Crippen molar-refractivity contribution in [3.63, 3.8) is 0 Å². The predicted octanol–water partition coefficient (Wildman–Crippen LogP) is 2.51. The molecular formula is C15H19N3O3S2. The molecule has 2 aromatic heterocycles. The van der Waals surface area contributed by atoms with Crippen LogP contribution in [-0.2, 0) is 27.1 Å². The number of nitrogens with one attached hydrogen (secondary N) is 1. The molecule has 0 fully saturated rings. The number of thioether (sulfide) groups is 1. The molecule has 0 saturated heterocycles. The normalized spacial score (nSPS) is 10.6. The molecule has 0 saturated carbocycles. The van der Waals surface area contributed by atoms with Crippen molar-refractivity contribution in [3.05, 3.63) is 33.8 Å². The first kappa shape index (κ1) is 17.6. The maximum Gasteiger partial charge on any atom is 0.316 e. The summed E-state index contributed by atoms with van der Waals surface area (Å²) in [6.45, 7) is 3.39. The van der Waals surface area contributed by atoms with E-state index in [-0.39, 0.29) is 24.2 Å². The lowest BCUT2D eigenvalue weighted by molar-refractivity contribution is -0.144. The van der Waals surface area contributed by atoms with E-state index < -0.39 is 0 Å². The first-order chi connectivity index (χ1) is 11.0. The highest BCUT2D eigenvalue weighted by Crippen LogP contribution is 2.18. The Morgan fingerprint density at radius 2 is 2.22 bits per heavy atom. The fourth-order valence-electron chi connectivity index (χ4n) is 1.95. The Hall–Kier alpha value is -1.80. The summed E-state index contributed by atoms with van der Waals surface area (Å²) in [4.78, 5) is 24.7. The van der Waals surface area contributed by atoms with E-state index in [1.807, 2.05) is 38.4 Å². The van der Waals surface area contributed by atoms with Gasteiger partial charge in [-0.3, -0.25) is 14.3 Å². The van der Waals surface area contributed by atoms with Gasteiger partial charge in [-0.05, 0) is 25.3 Å². The maximum absolute atomic E-state index is 11.9. The second kappa shape index (κ2) is 8.16. The number of aromatic nitrogens is 2. The summed E-state index contributed by atoms with van der Waals surface area (Å²) in [5.74, 6) is 0.255. The van der Waals surface area contributed by atoms with Crippen molar-refractivity contribution in [2.24, 2.45) is 7.05 Å². The van der Waals surface area contributed by atoms with Gasteiger partial charge in [-0.2, -0.15) is 5.10 Å². The van der Waals surface area contributed by atoms with Crippen LogP contribution < -0.4 is 5.32 Å². The first-order valence-corrected chi connectivity index (χ1v) is 9.06. The van der Waals surface area contributed by atoms with Crippen molar-refractivity contribution in [3.8, 4) is 0 Å². The van der Waals surface area contributed by atoms with Crippen molar-refractivity contribution in [2.75, 3.05) is 17.7 Å². The minimum Gasteiger partial charge on any atom is -0.455 e. The van der Waals surface area contributed by atoms with Gasteiger partial charge in [0.05, 0.1) is 22.8 Å². The van der Waals surface area contributed by atoms with Crippen LogP contribution in [0.4, 0.5) is 5.69 Å². The number of anilines is 1. The van der Waals surface area contributed by atoms with E-state index in [0.717, 1.165) is 17.1 Å². The minimum absolute atomic E-state index is 0.232. The van der Waals surface area contributed by atoms with Crippen molar-refractivity contribution >= 4 is 40.7 Å². The largest absolute Gasteiger partial charge is 0.455 e. The second-order valence-corrected chi connectivity index (χ2v) is 6.97. The fraction of sp³-hybridized carbons (Fsp3) is 0.400. The molecule has 1 amide bonds. The predicted molar refractivity (Wildman–Crippen MR) is 92.8 cm³/mol. The average molecular weight is 353 g/mol. The van der Waals surface area contributed by atoms with Crippen LogP contribution in [0.25, 0.3) is 0 Å². The number of hydrogen-bond acceptors (Lipinski definition) is 6. The zero-order valence-corrected chi connectivity index (χ0v) is 14.9. The molecule has 0 radical (unpaired) electrons. The number of nitrogens with zero attached hydrogens (tertiary/aromatic N) is 2. The third kappa shape index (κ3) is 5.11. The van der Waals surface area contributed by atoms with Gasteiger partial charge in [0.1, 0.15) is 0 Å². The highest BCUT2D eigenvalue weighted by atomic mass is 32.2. The van der Waals surface area contributed by atoms with Gasteiger partial charge in [-0.15, -0.1) is 23.1 Å². The van der Waals surface area contributed by atoms with E-state index in [1.165, 1.54) is 16.6 Å². The number of hydrogen-bond donors (Lipinski definition) is 1. The Balaban J connectivity index is 1.70. The molecule has 0 unspecified atom stereocenters. The Kier molecular flexibility index (Phi) is 6.23. The molecule has 0 aromatic carbocycles. The fourth-order valence-corrected chi connectivity index (χ4v) is 3.61. The first-order valence-electron chi connectivity index (χ1n) is 7.03. The Bertz CT molecular complexity index is 680. The minimum atomic E-state index is -0.388. The van der Waals surface area contributed by atoms with Gasteiger partial charge in [0, 0.05) is 17.7 Å². The molecule has 8 heteroatoms. The molecule has 0 spiro atoms. The van der Waals surface area contributed by atoms with Gasteiger partial charge in [-0.1, -0.05) is 6.07 Å². The second-order valence-electron chi connectivity index (χ2n) is 4.95. The molecule has 1 N–H and O–H groups in total. The SMILES string of the molecule is Cc1nn(C)c(C)c1NC(=O)COC(=O)CSCc1cccs1. The number of amides is 1. The number of aryl methyl sites for hydroxylation is 2. The molecule has 2 rings (SSSR count). The molecule has 0 aliphatic carbocycles. The van der Waals surface area contributed by atoms with Gasteiger partial charge in [-0.25, -0.2) is 0 Å². The number of carbonyl (C=O) groups excluding carboxylic acids is 2. The number of esters is 1. The van der Waals surface area contributed by atoms with Gasteiger partial charge in [0.25, 0.3) is 5.91 Å². The number of thiophene rings is 1. The molecule has 0 bridgehead atoms. The summed E-state index contributed by atoms with van der Waals surface area (Å²) >= 11 is 3.13. The summed E-state index contributed by atoms with van der Waals surface area (Å²) < 4.78 is 6.68. The zero-order chi connectivity index (χ0) is 16.8. The van der Waals surface area contributed by atoms with E-state index in [2.05, 4.69) is 10.4 Å². The summed E-state index contributed by atoms with van der Waals surface area (Å²) in [6.07, 6.45) is 0. The Labute approximate surface area is 143 Å². The third-order valence-corrected chi connectivity index (χ3v) is 5.20. The number of ether oxygens (including phenoxy) is 1. The van der Waals surface area contributed by atoms with Gasteiger partial charge < -0.3 is 10.1 Å². The lowest BCUT2D eigenvalue weighted by Gasteiger charge is -2.07. The van der Waals surface area contributed by atoms with Crippen LogP contribution in [0, 0.1) is 13.8 Å². The van der Waals surface area contributed by atoms with Crippen LogP contribution >= 0.6 is 23.1 Å². The smallest absolute Gasteiger partial charge is 0.316 e. The molecule has 2 aromatic rings. The van der Waals surface area contributed by atoms with E-state index in [0.29, 0.717) is 5.69 Å². The molecule has 2 heterocycles. The zero-order valence-electron chi connectivity index (χ0n) is 13.3. The van der Waals surface area contributed by atoms with Gasteiger partial charge in [0.2, 0.25) is 0 Å². The monoisotopic (exact) mass is 353 g/mol. The van der Waals surface area contributed by atoms with Crippen molar-refractivity contribution in [2.45, 2.75) is 19.6 Å². The van der Waals surface area contributed by atoms with Crippen LogP contribution in [0.3, 0.4) is 0 Å². The van der Waals surface area contributed by atoms with Gasteiger partial charge >= 0.3 is 5.97 Å². The molecule has 23 heavy (non-hydrogen) atoms. The van der Waals surface area contributed by atoms with Crippen molar-refractivity contribution in [1.29, 1.82) is 0 Å². The van der Waals surface area contributed by atoms with Crippen LogP contribution in [0.2, 0.25) is 0 Å².